The van der Waals surface area contributed by atoms with Gasteiger partial charge in [0.25, 0.3) is 0 Å². The summed E-state index contributed by atoms with van der Waals surface area (Å²) in [4.78, 5) is 0. The van der Waals surface area contributed by atoms with E-state index in [1.807, 2.05) is 0 Å². The van der Waals surface area contributed by atoms with Crippen LogP contribution in [-0.4, -0.2) is 12.6 Å². The molecule has 0 aromatic rings. The lowest BCUT2D eigenvalue weighted by atomic mass is 9.71. The Bertz CT molecular complexity index is 217. The van der Waals surface area contributed by atoms with Gasteiger partial charge in [-0.25, -0.2) is 0 Å². The SMILES string of the molecule is C/C=C/CCNC1CC2CC=CC21. The zero-order chi connectivity index (χ0) is 9.10. The van der Waals surface area contributed by atoms with Crippen molar-refractivity contribution >= 4 is 0 Å². The molecule has 0 aromatic heterocycles. The Hall–Kier alpha value is -0.560. The fourth-order valence-electron chi connectivity index (χ4n) is 2.47. The summed E-state index contributed by atoms with van der Waals surface area (Å²) in [5, 5.41) is 3.62. The molecule has 1 fully saturated rings. The van der Waals surface area contributed by atoms with Crippen LogP contribution in [0.1, 0.15) is 26.2 Å². The molecule has 0 aromatic carbocycles. The molecule has 0 heterocycles. The molecule has 0 amide bonds. The summed E-state index contributed by atoms with van der Waals surface area (Å²) in [5.74, 6) is 1.85. The average Bonchev–Trinajstić information content (AvgIpc) is 2.47. The fraction of sp³-hybridized carbons (Fsp3) is 0.667. The van der Waals surface area contributed by atoms with Crippen LogP contribution in [0.15, 0.2) is 24.3 Å². The third-order valence-electron chi connectivity index (χ3n) is 3.32. The van der Waals surface area contributed by atoms with Gasteiger partial charge in [0.05, 0.1) is 0 Å². The molecule has 1 N–H and O–H groups in total. The molecule has 1 heteroatoms. The van der Waals surface area contributed by atoms with Gasteiger partial charge in [-0.15, -0.1) is 0 Å². The average molecular weight is 177 g/mol. The lowest BCUT2D eigenvalue weighted by Gasteiger charge is -2.40. The van der Waals surface area contributed by atoms with Crippen LogP contribution in [0.5, 0.6) is 0 Å². The van der Waals surface area contributed by atoms with Gasteiger partial charge in [0.1, 0.15) is 0 Å². The van der Waals surface area contributed by atoms with Crippen molar-refractivity contribution in [3.8, 4) is 0 Å². The first-order chi connectivity index (χ1) is 6.42. The maximum atomic E-state index is 3.62. The van der Waals surface area contributed by atoms with E-state index in [1.165, 1.54) is 19.3 Å². The predicted molar refractivity (Wildman–Crippen MR) is 56.6 cm³/mol. The summed E-state index contributed by atoms with van der Waals surface area (Å²) in [6, 6.07) is 0.786. The molecule has 0 bridgehead atoms. The Balaban J connectivity index is 1.64. The van der Waals surface area contributed by atoms with Crippen LogP contribution in [-0.2, 0) is 0 Å². The quantitative estimate of drug-likeness (QED) is 0.514. The van der Waals surface area contributed by atoms with Gasteiger partial charge in [0.15, 0.2) is 0 Å². The lowest BCUT2D eigenvalue weighted by molar-refractivity contribution is 0.164. The van der Waals surface area contributed by atoms with E-state index in [0.29, 0.717) is 0 Å². The second-order valence-corrected chi connectivity index (χ2v) is 4.16. The number of nitrogens with one attached hydrogen (secondary N) is 1. The van der Waals surface area contributed by atoms with E-state index >= 15 is 0 Å². The van der Waals surface area contributed by atoms with Gasteiger partial charge < -0.3 is 5.32 Å². The minimum Gasteiger partial charge on any atom is -0.313 e. The van der Waals surface area contributed by atoms with E-state index in [1.54, 1.807) is 0 Å². The van der Waals surface area contributed by atoms with Crippen molar-refractivity contribution < 1.29 is 0 Å². The van der Waals surface area contributed by atoms with E-state index in [0.717, 1.165) is 24.4 Å². The van der Waals surface area contributed by atoms with Crippen molar-refractivity contribution in [1.82, 2.24) is 5.32 Å². The zero-order valence-corrected chi connectivity index (χ0v) is 8.37. The molecule has 0 radical (unpaired) electrons. The largest absolute Gasteiger partial charge is 0.313 e. The van der Waals surface area contributed by atoms with Crippen LogP contribution in [0.4, 0.5) is 0 Å². The van der Waals surface area contributed by atoms with Gasteiger partial charge in [-0.1, -0.05) is 24.3 Å². The topological polar surface area (TPSA) is 12.0 Å². The monoisotopic (exact) mass is 177 g/mol. The Morgan fingerprint density at radius 1 is 1.54 bits per heavy atom. The van der Waals surface area contributed by atoms with Crippen molar-refractivity contribution in [3.63, 3.8) is 0 Å². The molecule has 3 unspecified atom stereocenters. The first-order valence-corrected chi connectivity index (χ1v) is 5.43. The number of allylic oxidation sites excluding steroid dienone is 2. The van der Waals surface area contributed by atoms with Crippen molar-refractivity contribution in [2.75, 3.05) is 6.54 Å². The van der Waals surface area contributed by atoms with E-state index in [4.69, 9.17) is 0 Å². The predicted octanol–water partition coefficient (Wildman–Crippen LogP) is 2.51. The van der Waals surface area contributed by atoms with Gasteiger partial charge in [0.2, 0.25) is 0 Å². The summed E-state index contributed by atoms with van der Waals surface area (Å²) >= 11 is 0. The Morgan fingerprint density at radius 2 is 2.46 bits per heavy atom. The normalized spacial score (nSPS) is 36.5. The van der Waals surface area contributed by atoms with E-state index in [-0.39, 0.29) is 0 Å². The highest BCUT2D eigenvalue weighted by molar-refractivity contribution is 5.12. The van der Waals surface area contributed by atoms with Crippen molar-refractivity contribution in [1.29, 1.82) is 0 Å². The molecule has 13 heavy (non-hydrogen) atoms. The first-order valence-electron chi connectivity index (χ1n) is 5.43. The van der Waals surface area contributed by atoms with Crippen LogP contribution in [0.25, 0.3) is 0 Å². The van der Waals surface area contributed by atoms with E-state index < -0.39 is 0 Å². The maximum absolute atomic E-state index is 3.62. The minimum atomic E-state index is 0.786. The summed E-state index contributed by atoms with van der Waals surface area (Å²) < 4.78 is 0. The molecular weight excluding hydrogens is 158 g/mol. The Morgan fingerprint density at radius 3 is 3.23 bits per heavy atom. The molecule has 2 aliphatic rings. The van der Waals surface area contributed by atoms with Gasteiger partial charge in [-0.3, -0.25) is 0 Å². The highest BCUT2D eigenvalue weighted by Gasteiger charge is 2.40. The molecule has 0 saturated heterocycles. The van der Waals surface area contributed by atoms with E-state index in [9.17, 15) is 0 Å². The number of hydrogen-bond acceptors (Lipinski definition) is 1. The van der Waals surface area contributed by atoms with Crippen LogP contribution in [0.2, 0.25) is 0 Å². The second-order valence-electron chi connectivity index (χ2n) is 4.16. The molecule has 2 aliphatic carbocycles. The molecule has 72 valence electrons. The van der Waals surface area contributed by atoms with Crippen LogP contribution in [0, 0.1) is 11.8 Å². The summed E-state index contributed by atoms with van der Waals surface area (Å²) in [7, 11) is 0. The highest BCUT2D eigenvalue weighted by atomic mass is 14.9. The van der Waals surface area contributed by atoms with Crippen molar-refractivity contribution in [2.24, 2.45) is 11.8 Å². The third-order valence-corrected chi connectivity index (χ3v) is 3.32. The van der Waals surface area contributed by atoms with Crippen molar-refractivity contribution in [2.45, 2.75) is 32.2 Å². The smallest absolute Gasteiger partial charge is 0.0136 e. The lowest BCUT2D eigenvalue weighted by Crippen LogP contribution is -2.48. The van der Waals surface area contributed by atoms with Crippen LogP contribution >= 0.6 is 0 Å². The Kier molecular flexibility index (Phi) is 2.84. The van der Waals surface area contributed by atoms with Gasteiger partial charge >= 0.3 is 0 Å². The van der Waals surface area contributed by atoms with E-state index in [2.05, 4.69) is 36.5 Å². The molecular formula is C12H19N. The number of hydrogen-bond donors (Lipinski definition) is 1. The number of rotatable bonds is 4. The van der Waals surface area contributed by atoms with Crippen molar-refractivity contribution in [3.05, 3.63) is 24.3 Å². The van der Waals surface area contributed by atoms with Gasteiger partial charge in [-0.05, 0) is 44.6 Å². The van der Waals surface area contributed by atoms with Gasteiger partial charge in [0, 0.05) is 6.04 Å². The summed E-state index contributed by atoms with van der Waals surface area (Å²) in [6.07, 6.45) is 13.0. The molecule has 0 spiro atoms. The number of fused-ring (bicyclic) bond motifs is 1. The van der Waals surface area contributed by atoms with Gasteiger partial charge in [-0.2, -0.15) is 0 Å². The zero-order valence-electron chi connectivity index (χ0n) is 8.37. The van der Waals surface area contributed by atoms with Crippen LogP contribution in [0.3, 0.4) is 0 Å². The minimum absolute atomic E-state index is 0.786. The second kappa shape index (κ2) is 4.10. The summed E-state index contributed by atoms with van der Waals surface area (Å²) in [6.45, 7) is 3.23. The third kappa shape index (κ3) is 1.86. The highest BCUT2D eigenvalue weighted by Crippen LogP contribution is 2.42. The fourth-order valence-corrected chi connectivity index (χ4v) is 2.47. The molecule has 1 nitrogen and oxygen atoms in total. The maximum Gasteiger partial charge on any atom is 0.0136 e. The summed E-state index contributed by atoms with van der Waals surface area (Å²) in [5.41, 5.74) is 0. The molecule has 2 rings (SSSR count). The molecule has 0 aliphatic heterocycles. The standard InChI is InChI=1S/C12H19N/c1-2-3-4-8-13-12-9-10-6-5-7-11(10)12/h2-3,5,7,10-13H,4,6,8-9H2,1H3/b3-2+. The molecule has 3 atom stereocenters. The first kappa shape index (κ1) is 9.01. The van der Waals surface area contributed by atoms with Crippen LogP contribution < -0.4 is 5.32 Å². The molecule has 1 saturated carbocycles. The Labute approximate surface area is 80.9 Å².